The number of hydrogen-bond acceptors (Lipinski definition) is 3. The van der Waals surface area contributed by atoms with Crippen LogP contribution in [-0.4, -0.2) is 22.0 Å². The highest BCUT2D eigenvalue weighted by atomic mass is 16.2. The lowest BCUT2D eigenvalue weighted by molar-refractivity contribution is -0.116. The second kappa shape index (κ2) is 6.51. The Morgan fingerprint density at radius 3 is 2.60 bits per heavy atom. The van der Waals surface area contributed by atoms with Gasteiger partial charge in [-0.25, -0.2) is 0 Å². The number of carbonyl (C=O) groups is 2. The van der Waals surface area contributed by atoms with Crippen molar-refractivity contribution < 1.29 is 9.59 Å². The molecule has 2 amide bonds. The molecule has 0 bridgehead atoms. The van der Waals surface area contributed by atoms with Crippen molar-refractivity contribution in [2.45, 2.75) is 19.8 Å². The summed E-state index contributed by atoms with van der Waals surface area (Å²) in [7, 11) is 0. The second-order valence-corrected chi connectivity index (χ2v) is 4.30. The first-order chi connectivity index (χ1) is 9.69. The zero-order valence-corrected chi connectivity index (χ0v) is 11.1. The Labute approximate surface area is 116 Å². The number of aromatic nitrogens is 2. The van der Waals surface area contributed by atoms with Crippen molar-refractivity contribution in [1.29, 1.82) is 0 Å². The maximum atomic E-state index is 11.8. The number of hydrogen-bond donors (Lipinski definition) is 3. The van der Waals surface area contributed by atoms with E-state index in [1.54, 1.807) is 30.3 Å². The third-order valence-corrected chi connectivity index (χ3v) is 2.63. The van der Waals surface area contributed by atoms with Gasteiger partial charge in [0.05, 0.1) is 0 Å². The lowest BCUT2D eigenvalue weighted by Crippen LogP contribution is -2.13. The fraction of sp³-hybridized carbons (Fsp3) is 0.214. The van der Waals surface area contributed by atoms with Crippen molar-refractivity contribution in [3.8, 4) is 0 Å². The van der Waals surface area contributed by atoms with Crippen LogP contribution in [0.25, 0.3) is 0 Å². The molecule has 2 aromatic rings. The third kappa shape index (κ3) is 3.68. The minimum atomic E-state index is -0.278. The summed E-state index contributed by atoms with van der Waals surface area (Å²) in [5.41, 5.74) is 1.65. The molecule has 2 rings (SSSR count). The van der Waals surface area contributed by atoms with Gasteiger partial charge in [-0.2, -0.15) is 5.10 Å². The molecule has 0 spiro atoms. The van der Waals surface area contributed by atoms with E-state index in [2.05, 4.69) is 20.8 Å². The van der Waals surface area contributed by atoms with E-state index < -0.39 is 0 Å². The lowest BCUT2D eigenvalue weighted by Gasteiger charge is -2.08. The Kier molecular flexibility index (Phi) is 4.49. The summed E-state index contributed by atoms with van der Waals surface area (Å²) in [5, 5.41) is 11.8. The summed E-state index contributed by atoms with van der Waals surface area (Å²) in [6.07, 6.45) is 2.78. The topological polar surface area (TPSA) is 86.9 Å². The molecule has 6 nitrogen and oxygen atoms in total. The molecule has 0 saturated heterocycles. The minimum absolute atomic E-state index is 0.0375. The van der Waals surface area contributed by atoms with Crippen molar-refractivity contribution >= 4 is 23.2 Å². The normalized spacial score (nSPS) is 10.1. The Bertz CT molecular complexity index is 593. The Hall–Kier alpha value is -2.63. The number of carbonyl (C=O) groups excluding carboxylic acids is 2. The van der Waals surface area contributed by atoms with Gasteiger partial charge in [-0.15, -0.1) is 0 Å². The number of H-pyrrole nitrogens is 1. The Balaban J connectivity index is 2.02. The van der Waals surface area contributed by atoms with E-state index >= 15 is 0 Å². The van der Waals surface area contributed by atoms with Crippen LogP contribution in [0.15, 0.2) is 36.5 Å². The number of amides is 2. The molecule has 1 heterocycles. The van der Waals surface area contributed by atoms with Gasteiger partial charge in [0.25, 0.3) is 5.91 Å². The van der Waals surface area contributed by atoms with Gasteiger partial charge in [-0.05, 0) is 30.7 Å². The molecule has 0 aliphatic rings. The molecule has 6 heteroatoms. The van der Waals surface area contributed by atoms with Crippen LogP contribution in [-0.2, 0) is 4.79 Å². The molecule has 1 aromatic carbocycles. The Morgan fingerprint density at radius 1 is 1.20 bits per heavy atom. The zero-order valence-electron chi connectivity index (χ0n) is 11.1. The average Bonchev–Trinajstić information content (AvgIpc) is 2.93. The molecular weight excluding hydrogens is 256 g/mol. The highest BCUT2D eigenvalue weighted by molar-refractivity contribution is 6.03. The summed E-state index contributed by atoms with van der Waals surface area (Å²) in [5.74, 6) is -0.316. The first kappa shape index (κ1) is 13.8. The van der Waals surface area contributed by atoms with E-state index in [9.17, 15) is 9.59 Å². The lowest BCUT2D eigenvalue weighted by atomic mass is 10.2. The average molecular weight is 272 g/mol. The smallest absolute Gasteiger partial charge is 0.273 e. The van der Waals surface area contributed by atoms with E-state index in [-0.39, 0.29) is 11.8 Å². The van der Waals surface area contributed by atoms with Gasteiger partial charge < -0.3 is 10.6 Å². The first-order valence-corrected chi connectivity index (χ1v) is 6.39. The van der Waals surface area contributed by atoms with Gasteiger partial charge in [-0.1, -0.05) is 13.0 Å². The highest BCUT2D eigenvalue weighted by Crippen LogP contribution is 2.16. The zero-order chi connectivity index (χ0) is 14.4. The van der Waals surface area contributed by atoms with Gasteiger partial charge in [0.15, 0.2) is 0 Å². The maximum absolute atomic E-state index is 11.8. The molecule has 0 unspecified atom stereocenters. The number of nitrogens with one attached hydrogen (secondary N) is 3. The van der Waals surface area contributed by atoms with Crippen LogP contribution in [0, 0.1) is 0 Å². The predicted octanol–water partition coefficient (Wildman–Crippen LogP) is 2.40. The minimum Gasteiger partial charge on any atom is -0.326 e. The van der Waals surface area contributed by atoms with E-state index in [1.807, 2.05) is 6.92 Å². The summed E-state index contributed by atoms with van der Waals surface area (Å²) in [6.45, 7) is 1.95. The van der Waals surface area contributed by atoms with Crippen LogP contribution in [0.2, 0.25) is 0 Å². The highest BCUT2D eigenvalue weighted by Gasteiger charge is 2.07. The molecular formula is C14H16N4O2. The van der Waals surface area contributed by atoms with Crippen LogP contribution in [0.3, 0.4) is 0 Å². The summed E-state index contributed by atoms with van der Waals surface area (Å²) < 4.78 is 0. The first-order valence-electron chi connectivity index (χ1n) is 6.39. The Morgan fingerprint density at radius 2 is 1.95 bits per heavy atom. The standard InChI is InChI=1S/C14H16N4O2/c1-2-4-13(19)16-10-5-3-6-11(9-10)17-14(20)12-7-8-15-18-12/h3,5-9H,2,4H2,1H3,(H,15,18)(H,16,19)(H,17,20). The monoisotopic (exact) mass is 272 g/mol. The van der Waals surface area contributed by atoms with Crippen molar-refractivity contribution in [3.63, 3.8) is 0 Å². The third-order valence-electron chi connectivity index (χ3n) is 2.63. The SMILES string of the molecule is CCCC(=O)Nc1cccc(NC(=O)c2ccn[nH]2)c1. The fourth-order valence-electron chi connectivity index (χ4n) is 1.71. The van der Waals surface area contributed by atoms with Gasteiger partial charge in [0.2, 0.25) is 5.91 Å². The van der Waals surface area contributed by atoms with E-state index in [0.29, 0.717) is 23.5 Å². The molecule has 0 radical (unpaired) electrons. The van der Waals surface area contributed by atoms with Gasteiger partial charge >= 0.3 is 0 Å². The number of rotatable bonds is 5. The molecule has 104 valence electrons. The van der Waals surface area contributed by atoms with Gasteiger partial charge in [-0.3, -0.25) is 14.7 Å². The number of nitrogens with zero attached hydrogens (tertiary/aromatic N) is 1. The molecule has 0 atom stereocenters. The second-order valence-electron chi connectivity index (χ2n) is 4.30. The van der Waals surface area contributed by atoms with Crippen LogP contribution >= 0.6 is 0 Å². The molecule has 0 aliphatic carbocycles. The molecule has 0 saturated carbocycles. The summed E-state index contributed by atoms with van der Waals surface area (Å²) >= 11 is 0. The van der Waals surface area contributed by atoms with Crippen molar-refractivity contribution in [2.75, 3.05) is 10.6 Å². The predicted molar refractivity (Wildman–Crippen MR) is 76.5 cm³/mol. The van der Waals surface area contributed by atoms with Crippen LogP contribution in [0.1, 0.15) is 30.3 Å². The number of aromatic amines is 1. The van der Waals surface area contributed by atoms with Gasteiger partial charge in [0.1, 0.15) is 5.69 Å². The number of benzene rings is 1. The summed E-state index contributed by atoms with van der Waals surface area (Å²) in [6, 6.07) is 8.59. The molecule has 0 fully saturated rings. The van der Waals surface area contributed by atoms with E-state index in [0.717, 1.165) is 6.42 Å². The fourth-order valence-corrected chi connectivity index (χ4v) is 1.71. The summed E-state index contributed by atoms with van der Waals surface area (Å²) in [4.78, 5) is 23.4. The van der Waals surface area contributed by atoms with Crippen LogP contribution in [0.4, 0.5) is 11.4 Å². The van der Waals surface area contributed by atoms with Gasteiger partial charge in [0, 0.05) is 24.0 Å². The quantitative estimate of drug-likeness (QED) is 0.781. The van der Waals surface area contributed by atoms with Crippen LogP contribution < -0.4 is 10.6 Å². The van der Waals surface area contributed by atoms with E-state index in [4.69, 9.17) is 0 Å². The molecule has 20 heavy (non-hydrogen) atoms. The van der Waals surface area contributed by atoms with Crippen molar-refractivity contribution in [2.24, 2.45) is 0 Å². The van der Waals surface area contributed by atoms with Crippen molar-refractivity contribution in [1.82, 2.24) is 10.2 Å². The van der Waals surface area contributed by atoms with Crippen molar-refractivity contribution in [3.05, 3.63) is 42.2 Å². The molecule has 1 aromatic heterocycles. The maximum Gasteiger partial charge on any atom is 0.273 e. The molecule has 0 aliphatic heterocycles. The largest absolute Gasteiger partial charge is 0.326 e. The van der Waals surface area contributed by atoms with Crippen LogP contribution in [0.5, 0.6) is 0 Å². The molecule has 3 N–H and O–H groups in total. The number of anilines is 2. The van der Waals surface area contributed by atoms with E-state index in [1.165, 1.54) is 6.20 Å².